The summed E-state index contributed by atoms with van der Waals surface area (Å²) in [5.74, 6) is -0.983. The van der Waals surface area contributed by atoms with Gasteiger partial charge in [0.2, 0.25) is 5.91 Å². The van der Waals surface area contributed by atoms with Crippen molar-refractivity contribution >= 4 is 35.2 Å². The van der Waals surface area contributed by atoms with Gasteiger partial charge in [-0.2, -0.15) is 0 Å². The van der Waals surface area contributed by atoms with Gasteiger partial charge in [-0.15, -0.1) is 0 Å². The van der Waals surface area contributed by atoms with Crippen LogP contribution in [0.25, 0.3) is 6.08 Å². The Hall–Kier alpha value is -2.66. The fourth-order valence-electron chi connectivity index (χ4n) is 2.41. The van der Waals surface area contributed by atoms with Gasteiger partial charge >= 0.3 is 0 Å². The molecule has 0 radical (unpaired) electrons. The fourth-order valence-corrected chi connectivity index (χ4v) is 2.67. The minimum atomic E-state index is -0.424. The molecule has 2 amide bonds. The summed E-state index contributed by atoms with van der Waals surface area (Å²) in [7, 11) is 0. The van der Waals surface area contributed by atoms with Crippen molar-refractivity contribution in [2.45, 2.75) is 13.8 Å². The highest BCUT2D eigenvalue weighted by molar-refractivity contribution is 6.34. The monoisotopic (exact) mass is 374 g/mol. The van der Waals surface area contributed by atoms with Crippen LogP contribution in [0.4, 0.5) is 10.1 Å². The van der Waals surface area contributed by atoms with Crippen molar-refractivity contribution in [1.82, 2.24) is 4.90 Å². The average Bonchev–Trinajstić information content (AvgIpc) is 2.62. The predicted molar refractivity (Wildman–Crippen MR) is 103 cm³/mol. The van der Waals surface area contributed by atoms with Gasteiger partial charge in [-0.1, -0.05) is 29.8 Å². The summed E-state index contributed by atoms with van der Waals surface area (Å²) in [6, 6.07) is 10.9. The summed E-state index contributed by atoms with van der Waals surface area (Å²) in [5, 5.41) is 2.90. The number of carbonyl (C=O) groups excluding carboxylic acids is 2. The summed E-state index contributed by atoms with van der Waals surface area (Å²) in [4.78, 5) is 26.0. The molecule has 4 nitrogen and oxygen atoms in total. The van der Waals surface area contributed by atoms with Crippen molar-refractivity contribution in [3.63, 3.8) is 0 Å². The van der Waals surface area contributed by atoms with Crippen LogP contribution in [-0.4, -0.2) is 29.8 Å². The van der Waals surface area contributed by atoms with E-state index < -0.39 is 11.7 Å². The van der Waals surface area contributed by atoms with Crippen molar-refractivity contribution in [2.75, 3.05) is 18.4 Å². The van der Waals surface area contributed by atoms with E-state index in [2.05, 4.69) is 5.32 Å². The number of anilines is 1. The molecule has 26 heavy (non-hydrogen) atoms. The quantitative estimate of drug-likeness (QED) is 0.750. The van der Waals surface area contributed by atoms with Gasteiger partial charge < -0.3 is 10.2 Å². The van der Waals surface area contributed by atoms with Crippen LogP contribution in [0.2, 0.25) is 5.02 Å². The predicted octanol–water partition coefficient (Wildman–Crippen LogP) is 4.61. The maximum atomic E-state index is 13.5. The van der Waals surface area contributed by atoms with Gasteiger partial charge in [0.05, 0.1) is 10.6 Å². The van der Waals surface area contributed by atoms with Crippen LogP contribution >= 0.6 is 11.6 Å². The molecule has 0 aliphatic carbocycles. The van der Waals surface area contributed by atoms with Crippen molar-refractivity contribution in [1.29, 1.82) is 0 Å². The van der Waals surface area contributed by atoms with Crippen LogP contribution in [0, 0.1) is 5.82 Å². The SMILES string of the molecule is CCN(CC)C(=O)c1ccc(NC(=O)/C=C/c2ccccc2F)cc1Cl. The largest absolute Gasteiger partial charge is 0.339 e. The highest BCUT2D eigenvalue weighted by atomic mass is 35.5. The Morgan fingerprint density at radius 1 is 1.15 bits per heavy atom. The number of carbonyl (C=O) groups is 2. The minimum absolute atomic E-state index is 0.155. The minimum Gasteiger partial charge on any atom is -0.339 e. The second-order valence-corrected chi connectivity index (χ2v) is 5.92. The summed E-state index contributed by atoms with van der Waals surface area (Å²) in [5.41, 5.74) is 1.16. The second kappa shape index (κ2) is 9.15. The van der Waals surface area contributed by atoms with Crippen molar-refractivity contribution in [3.8, 4) is 0 Å². The summed E-state index contributed by atoms with van der Waals surface area (Å²) >= 11 is 6.19. The van der Waals surface area contributed by atoms with E-state index in [4.69, 9.17) is 11.6 Å². The highest BCUT2D eigenvalue weighted by Crippen LogP contribution is 2.22. The molecule has 0 saturated carbocycles. The van der Waals surface area contributed by atoms with Gasteiger partial charge in [-0.25, -0.2) is 4.39 Å². The van der Waals surface area contributed by atoms with Crippen LogP contribution in [-0.2, 0) is 4.79 Å². The molecule has 0 heterocycles. The number of benzene rings is 2. The second-order valence-electron chi connectivity index (χ2n) is 5.52. The van der Waals surface area contributed by atoms with Gasteiger partial charge in [-0.3, -0.25) is 9.59 Å². The molecule has 2 aromatic rings. The summed E-state index contributed by atoms with van der Waals surface area (Å²) in [6.45, 7) is 4.97. The molecule has 136 valence electrons. The Morgan fingerprint density at radius 2 is 1.85 bits per heavy atom. The first kappa shape index (κ1) is 19.7. The molecule has 0 aromatic heterocycles. The van der Waals surface area contributed by atoms with Crippen LogP contribution in [0.5, 0.6) is 0 Å². The van der Waals surface area contributed by atoms with Gasteiger partial charge in [0.25, 0.3) is 5.91 Å². The third-order valence-corrected chi connectivity index (χ3v) is 4.15. The first-order valence-electron chi connectivity index (χ1n) is 8.28. The number of halogens is 2. The molecule has 0 saturated heterocycles. The van der Waals surface area contributed by atoms with Gasteiger partial charge in [0.1, 0.15) is 5.82 Å². The Bertz CT molecular complexity index is 832. The topological polar surface area (TPSA) is 49.4 Å². The zero-order valence-corrected chi connectivity index (χ0v) is 15.4. The zero-order valence-electron chi connectivity index (χ0n) is 14.6. The molecule has 0 unspecified atom stereocenters. The zero-order chi connectivity index (χ0) is 19.1. The van der Waals surface area contributed by atoms with E-state index in [0.717, 1.165) is 0 Å². The maximum Gasteiger partial charge on any atom is 0.255 e. The van der Waals surface area contributed by atoms with Gasteiger partial charge in [0, 0.05) is 30.4 Å². The Kier molecular flexibility index (Phi) is 6.92. The van der Waals surface area contributed by atoms with Gasteiger partial charge in [-0.05, 0) is 44.2 Å². The number of rotatable bonds is 6. The number of hydrogen-bond donors (Lipinski definition) is 1. The molecule has 0 aliphatic rings. The number of nitrogens with one attached hydrogen (secondary N) is 1. The van der Waals surface area contributed by atoms with Gasteiger partial charge in [0.15, 0.2) is 0 Å². The molecule has 0 bridgehead atoms. The van der Waals surface area contributed by atoms with Crippen molar-refractivity contribution < 1.29 is 14.0 Å². The molecule has 0 spiro atoms. The molecule has 2 aromatic carbocycles. The molecular formula is C20H20ClFN2O2. The Balaban J connectivity index is 2.08. The highest BCUT2D eigenvalue weighted by Gasteiger charge is 2.16. The molecule has 6 heteroatoms. The molecule has 2 rings (SSSR count). The molecule has 0 fully saturated rings. The normalized spacial score (nSPS) is 10.8. The lowest BCUT2D eigenvalue weighted by Crippen LogP contribution is -2.30. The van der Waals surface area contributed by atoms with E-state index in [0.29, 0.717) is 29.9 Å². The standard InChI is InChI=1S/C20H20ClFN2O2/c1-3-24(4-2)20(26)16-11-10-15(13-17(16)21)23-19(25)12-9-14-7-5-6-8-18(14)22/h5-13H,3-4H2,1-2H3,(H,23,25)/b12-9+. The lowest BCUT2D eigenvalue weighted by atomic mass is 10.1. The van der Waals surface area contributed by atoms with E-state index in [1.807, 2.05) is 13.8 Å². The smallest absolute Gasteiger partial charge is 0.255 e. The van der Waals surface area contributed by atoms with Crippen molar-refractivity contribution in [3.05, 3.63) is 70.5 Å². The first-order valence-corrected chi connectivity index (χ1v) is 8.66. The van der Waals surface area contributed by atoms with E-state index in [-0.39, 0.29) is 10.9 Å². The number of hydrogen-bond acceptors (Lipinski definition) is 2. The van der Waals surface area contributed by atoms with Crippen LogP contribution in [0.3, 0.4) is 0 Å². The van der Waals surface area contributed by atoms with Crippen LogP contribution < -0.4 is 5.32 Å². The maximum absolute atomic E-state index is 13.5. The van der Waals surface area contributed by atoms with E-state index in [1.165, 1.54) is 24.3 Å². The van der Waals surface area contributed by atoms with Crippen LogP contribution in [0.1, 0.15) is 29.8 Å². The number of amides is 2. The first-order chi connectivity index (χ1) is 12.5. The summed E-state index contributed by atoms with van der Waals surface area (Å²) in [6.07, 6.45) is 2.63. The van der Waals surface area contributed by atoms with E-state index in [1.54, 1.807) is 35.2 Å². The molecular weight excluding hydrogens is 355 g/mol. The molecule has 0 atom stereocenters. The third kappa shape index (κ3) is 4.92. The van der Waals surface area contributed by atoms with E-state index in [9.17, 15) is 14.0 Å². The molecule has 1 N–H and O–H groups in total. The number of nitrogens with zero attached hydrogens (tertiary/aromatic N) is 1. The van der Waals surface area contributed by atoms with Crippen molar-refractivity contribution in [2.24, 2.45) is 0 Å². The summed E-state index contributed by atoms with van der Waals surface area (Å²) < 4.78 is 13.5. The fraction of sp³-hybridized carbons (Fsp3) is 0.200. The third-order valence-electron chi connectivity index (χ3n) is 3.84. The lowest BCUT2D eigenvalue weighted by Gasteiger charge is -2.19. The van der Waals surface area contributed by atoms with E-state index >= 15 is 0 Å². The lowest BCUT2D eigenvalue weighted by molar-refractivity contribution is -0.111. The Labute approximate surface area is 157 Å². The molecule has 0 aliphatic heterocycles. The van der Waals surface area contributed by atoms with Crippen LogP contribution in [0.15, 0.2) is 48.5 Å². The Morgan fingerprint density at radius 3 is 2.46 bits per heavy atom. The average molecular weight is 375 g/mol.